The number of benzene rings is 2. The van der Waals surface area contributed by atoms with Crippen LogP contribution in [0.3, 0.4) is 0 Å². The molecule has 4 aliphatic rings. The van der Waals surface area contributed by atoms with Crippen LogP contribution in [-0.4, -0.2) is 62.4 Å². The van der Waals surface area contributed by atoms with Crippen molar-refractivity contribution in [1.82, 2.24) is 4.90 Å². The van der Waals surface area contributed by atoms with E-state index >= 15 is 0 Å². The van der Waals surface area contributed by atoms with E-state index in [0.717, 1.165) is 55.0 Å². The van der Waals surface area contributed by atoms with Crippen LogP contribution in [0.25, 0.3) is 0 Å². The number of carbonyl (C=O) groups is 1. The van der Waals surface area contributed by atoms with Gasteiger partial charge >= 0.3 is 0 Å². The van der Waals surface area contributed by atoms with Crippen molar-refractivity contribution in [2.24, 2.45) is 5.92 Å². The molecule has 2 aromatic carbocycles. The molecule has 2 aromatic rings. The van der Waals surface area contributed by atoms with Gasteiger partial charge in [-0.3, -0.25) is 4.79 Å². The van der Waals surface area contributed by atoms with Crippen molar-refractivity contribution in [3.05, 3.63) is 47.5 Å². The number of halogens is 1. The molecule has 0 bridgehead atoms. The lowest BCUT2D eigenvalue weighted by atomic mass is 9.77. The summed E-state index contributed by atoms with van der Waals surface area (Å²) >= 11 is 1.92. The average molecular weight is 503 g/mol. The smallest absolute Gasteiger partial charge is 0.245 e. The van der Waals surface area contributed by atoms with E-state index in [-0.39, 0.29) is 25.1 Å². The Bertz CT molecular complexity index is 1070. The monoisotopic (exact) mass is 502 g/mol. The summed E-state index contributed by atoms with van der Waals surface area (Å²) < 4.78 is 17.3. The van der Waals surface area contributed by atoms with Gasteiger partial charge in [0.2, 0.25) is 12.7 Å². The Morgan fingerprint density at radius 1 is 1.03 bits per heavy atom. The Morgan fingerprint density at radius 3 is 2.59 bits per heavy atom. The topological polar surface area (TPSA) is 51.2 Å². The van der Waals surface area contributed by atoms with Gasteiger partial charge in [0.15, 0.2) is 11.5 Å². The highest BCUT2D eigenvalue weighted by molar-refractivity contribution is 7.98. The Hall–Kier alpha value is -2.09. The minimum atomic E-state index is -0.800. The Balaban J connectivity index is 0.00000241. The van der Waals surface area contributed by atoms with Crippen molar-refractivity contribution in [3.63, 3.8) is 0 Å². The summed E-state index contributed by atoms with van der Waals surface area (Å²) in [6.07, 6.45) is 5.71. The van der Waals surface area contributed by atoms with E-state index in [0.29, 0.717) is 24.0 Å². The number of anilines is 1. The fourth-order valence-electron chi connectivity index (χ4n) is 5.83. The molecule has 0 N–H and O–H groups in total. The summed E-state index contributed by atoms with van der Waals surface area (Å²) in [6, 6.07) is 12.1. The summed E-state index contributed by atoms with van der Waals surface area (Å²) in [5.74, 6) is 3.98. The van der Waals surface area contributed by atoms with Gasteiger partial charge in [0.05, 0.1) is 0 Å². The molecule has 0 aromatic heterocycles. The largest absolute Gasteiger partial charge is 0.491 e. The molecule has 1 unspecified atom stereocenters. The fourth-order valence-corrected chi connectivity index (χ4v) is 6.25. The number of ether oxygens (including phenoxy) is 3. The van der Waals surface area contributed by atoms with Crippen LogP contribution in [-0.2, 0) is 10.2 Å². The van der Waals surface area contributed by atoms with Crippen LogP contribution in [0.1, 0.15) is 30.4 Å². The number of para-hydroxylation sites is 1. The molecule has 0 aliphatic carbocycles. The third-order valence-corrected chi connectivity index (χ3v) is 8.31. The first kappa shape index (κ1) is 23.6. The van der Waals surface area contributed by atoms with Crippen LogP contribution in [0.15, 0.2) is 36.4 Å². The standard InChI is InChI=1S/C26H30N2O4S.ClH/c1-33-12-4-9-27-10-7-18(8-11-27)15-28-21-6-3-2-5-19(21)26(25(28)29)16-30-22-14-24-23(13-20(22)26)31-17-32-24;/h2-3,5-6,13-14,18H,4,7-12,15-17H2,1H3;1H. The fraction of sp³-hybridized carbons (Fsp3) is 0.500. The Kier molecular flexibility index (Phi) is 6.62. The lowest BCUT2D eigenvalue weighted by Gasteiger charge is -2.34. The number of fused-ring (bicyclic) bond motifs is 5. The van der Waals surface area contributed by atoms with Gasteiger partial charge in [0.25, 0.3) is 0 Å². The molecule has 8 heteroatoms. The second kappa shape index (κ2) is 9.51. The van der Waals surface area contributed by atoms with Crippen LogP contribution in [0.2, 0.25) is 0 Å². The zero-order valence-corrected chi connectivity index (χ0v) is 21.1. The highest BCUT2D eigenvalue weighted by atomic mass is 35.5. The first-order valence-corrected chi connectivity index (χ1v) is 13.3. The van der Waals surface area contributed by atoms with Crippen molar-refractivity contribution in [2.75, 3.05) is 56.5 Å². The zero-order chi connectivity index (χ0) is 22.4. The maximum absolute atomic E-state index is 14.1. The van der Waals surface area contributed by atoms with Crippen LogP contribution >= 0.6 is 24.2 Å². The summed E-state index contributed by atoms with van der Waals surface area (Å²) in [4.78, 5) is 18.7. The molecule has 34 heavy (non-hydrogen) atoms. The number of rotatable bonds is 6. The maximum Gasteiger partial charge on any atom is 0.245 e. The first-order chi connectivity index (χ1) is 16.2. The van der Waals surface area contributed by atoms with Crippen molar-refractivity contribution in [2.45, 2.75) is 24.7 Å². The average Bonchev–Trinajstić information content (AvgIpc) is 3.52. The SMILES string of the molecule is CSCCCN1CCC(CN2C(=O)C3(COc4cc5c(cc43)OCO5)c3ccccc32)CC1.Cl. The molecule has 4 heterocycles. The van der Waals surface area contributed by atoms with E-state index in [1.165, 1.54) is 18.7 Å². The molecule has 1 atom stereocenters. The summed E-state index contributed by atoms with van der Waals surface area (Å²) in [6.45, 7) is 4.75. The van der Waals surface area contributed by atoms with E-state index in [2.05, 4.69) is 23.3 Å². The van der Waals surface area contributed by atoms with Gasteiger partial charge < -0.3 is 24.0 Å². The van der Waals surface area contributed by atoms with E-state index in [9.17, 15) is 4.79 Å². The number of nitrogens with zero attached hydrogens (tertiary/aromatic N) is 2. The van der Waals surface area contributed by atoms with Gasteiger partial charge in [-0.2, -0.15) is 11.8 Å². The van der Waals surface area contributed by atoms with Crippen molar-refractivity contribution >= 4 is 35.8 Å². The molecule has 1 fully saturated rings. The molecular weight excluding hydrogens is 472 g/mol. The summed E-state index contributed by atoms with van der Waals surface area (Å²) in [5, 5.41) is 0. The van der Waals surface area contributed by atoms with E-state index in [1.54, 1.807) is 0 Å². The molecule has 6 nitrogen and oxygen atoms in total. The van der Waals surface area contributed by atoms with Gasteiger partial charge in [-0.1, -0.05) is 18.2 Å². The summed E-state index contributed by atoms with van der Waals surface area (Å²) in [7, 11) is 0. The van der Waals surface area contributed by atoms with Crippen LogP contribution in [0.4, 0.5) is 5.69 Å². The number of carbonyl (C=O) groups excluding carboxylic acids is 1. The Morgan fingerprint density at radius 2 is 1.79 bits per heavy atom. The Labute approximate surface area is 211 Å². The molecule has 1 amide bonds. The molecule has 0 radical (unpaired) electrons. The van der Waals surface area contributed by atoms with Crippen LogP contribution in [0.5, 0.6) is 17.2 Å². The van der Waals surface area contributed by atoms with Crippen LogP contribution < -0.4 is 19.1 Å². The number of amides is 1. The maximum atomic E-state index is 14.1. The lowest BCUT2D eigenvalue weighted by Crippen LogP contribution is -2.45. The van der Waals surface area contributed by atoms with Crippen molar-refractivity contribution in [1.29, 1.82) is 0 Å². The molecule has 1 spiro atoms. The molecule has 182 valence electrons. The third kappa shape index (κ3) is 3.73. The van der Waals surface area contributed by atoms with Gasteiger partial charge in [0, 0.05) is 23.9 Å². The lowest BCUT2D eigenvalue weighted by molar-refractivity contribution is -0.122. The summed E-state index contributed by atoms with van der Waals surface area (Å²) in [5.41, 5.74) is 2.17. The molecule has 4 aliphatic heterocycles. The van der Waals surface area contributed by atoms with Crippen LogP contribution in [0, 0.1) is 5.92 Å². The van der Waals surface area contributed by atoms with E-state index in [4.69, 9.17) is 14.2 Å². The predicted molar refractivity (Wildman–Crippen MR) is 137 cm³/mol. The van der Waals surface area contributed by atoms with Gasteiger partial charge in [0.1, 0.15) is 17.8 Å². The second-order valence-corrected chi connectivity index (χ2v) is 10.4. The normalized spacial score (nSPS) is 23.1. The molecule has 6 rings (SSSR count). The molecular formula is C26H31ClN2O4S. The molecule has 0 saturated carbocycles. The highest BCUT2D eigenvalue weighted by Crippen LogP contribution is 2.55. The minimum absolute atomic E-state index is 0. The zero-order valence-electron chi connectivity index (χ0n) is 19.5. The number of piperidine rings is 1. The number of likely N-dealkylation sites (tertiary alicyclic amines) is 1. The molecule has 1 saturated heterocycles. The second-order valence-electron chi connectivity index (χ2n) is 9.46. The van der Waals surface area contributed by atoms with E-state index in [1.807, 2.05) is 40.9 Å². The minimum Gasteiger partial charge on any atom is -0.491 e. The van der Waals surface area contributed by atoms with Crippen molar-refractivity contribution < 1.29 is 19.0 Å². The van der Waals surface area contributed by atoms with E-state index < -0.39 is 5.41 Å². The number of thioether (sulfide) groups is 1. The number of hydrogen-bond acceptors (Lipinski definition) is 6. The first-order valence-electron chi connectivity index (χ1n) is 11.9. The third-order valence-electron chi connectivity index (χ3n) is 7.61. The highest BCUT2D eigenvalue weighted by Gasteiger charge is 2.57. The predicted octanol–water partition coefficient (Wildman–Crippen LogP) is 4.33. The number of hydrogen-bond donors (Lipinski definition) is 0. The van der Waals surface area contributed by atoms with Gasteiger partial charge in [-0.05, 0) is 74.5 Å². The van der Waals surface area contributed by atoms with Gasteiger partial charge in [-0.15, -0.1) is 12.4 Å². The van der Waals surface area contributed by atoms with Gasteiger partial charge in [-0.25, -0.2) is 0 Å². The van der Waals surface area contributed by atoms with Crippen molar-refractivity contribution in [3.8, 4) is 17.2 Å². The quantitative estimate of drug-likeness (QED) is 0.548.